The van der Waals surface area contributed by atoms with E-state index in [0.29, 0.717) is 32.8 Å². The van der Waals surface area contributed by atoms with Gasteiger partial charge < -0.3 is 10.1 Å². The summed E-state index contributed by atoms with van der Waals surface area (Å²) in [5.74, 6) is 0. The molecule has 0 bridgehead atoms. The lowest BCUT2D eigenvalue weighted by Crippen LogP contribution is -2.51. The molecular formula is C11H23N3O3S. The maximum atomic E-state index is 12.1. The van der Waals surface area contributed by atoms with Crippen molar-refractivity contribution in [2.45, 2.75) is 31.7 Å². The van der Waals surface area contributed by atoms with E-state index < -0.39 is 10.2 Å². The molecule has 7 heteroatoms. The summed E-state index contributed by atoms with van der Waals surface area (Å²) in [6, 6.07) is 0.0838. The number of morpholine rings is 1. The molecule has 2 rings (SSSR count). The van der Waals surface area contributed by atoms with Crippen molar-refractivity contribution >= 4 is 10.2 Å². The fourth-order valence-corrected chi connectivity index (χ4v) is 3.66. The van der Waals surface area contributed by atoms with Gasteiger partial charge in [0.15, 0.2) is 0 Å². The van der Waals surface area contributed by atoms with Gasteiger partial charge in [0, 0.05) is 32.2 Å². The molecule has 106 valence electrons. The van der Waals surface area contributed by atoms with Crippen LogP contribution in [0.1, 0.15) is 25.7 Å². The highest BCUT2D eigenvalue weighted by molar-refractivity contribution is 7.87. The third-order valence-corrected chi connectivity index (χ3v) is 4.99. The zero-order chi connectivity index (χ0) is 12.8. The Morgan fingerprint density at radius 3 is 2.56 bits per heavy atom. The van der Waals surface area contributed by atoms with E-state index in [1.54, 1.807) is 4.31 Å². The summed E-state index contributed by atoms with van der Waals surface area (Å²) in [6.07, 6.45) is 4.19. The van der Waals surface area contributed by atoms with Gasteiger partial charge in [0.2, 0.25) is 0 Å². The van der Waals surface area contributed by atoms with Gasteiger partial charge in [0.05, 0.1) is 13.2 Å². The van der Waals surface area contributed by atoms with Crippen LogP contribution in [0, 0.1) is 0 Å². The summed E-state index contributed by atoms with van der Waals surface area (Å²) in [7, 11) is -3.32. The molecule has 0 aromatic heterocycles. The second-order valence-corrected chi connectivity index (χ2v) is 6.65. The van der Waals surface area contributed by atoms with Crippen LogP contribution < -0.4 is 10.0 Å². The minimum Gasteiger partial charge on any atom is -0.378 e. The van der Waals surface area contributed by atoms with Gasteiger partial charge in [-0.1, -0.05) is 12.8 Å². The van der Waals surface area contributed by atoms with Crippen molar-refractivity contribution in [3.05, 3.63) is 0 Å². The predicted octanol–water partition coefficient (Wildman–Crippen LogP) is -0.315. The van der Waals surface area contributed by atoms with Crippen LogP contribution in [0.2, 0.25) is 0 Å². The molecule has 0 aliphatic carbocycles. The maximum absolute atomic E-state index is 12.1. The molecule has 18 heavy (non-hydrogen) atoms. The normalized spacial score (nSPS) is 27.9. The number of ether oxygens (including phenoxy) is 1. The smallest absolute Gasteiger partial charge is 0.279 e. The molecule has 2 heterocycles. The molecule has 0 aromatic carbocycles. The van der Waals surface area contributed by atoms with E-state index in [0.717, 1.165) is 32.2 Å². The van der Waals surface area contributed by atoms with Gasteiger partial charge in [-0.2, -0.15) is 12.7 Å². The van der Waals surface area contributed by atoms with Gasteiger partial charge in [0.25, 0.3) is 10.2 Å². The second-order valence-electron chi connectivity index (χ2n) is 4.89. The Labute approximate surface area is 109 Å². The van der Waals surface area contributed by atoms with Crippen molar-refractivity contribution in [1.29, 1.82) is 0 Å². The second kappa shape index (κ2) is 6.81. The summed E-state index contributed by atoms with van der Waals surface area (Å²) >= 11 is 0. The zero-order valence-corrected chi connectivity index (χ0v) is 11.5. The molecule has 2 fully saturated rings. The standard InChI is InChI=1S/C11H23N3O3S/c15-18(16,14-6-3-1-2-4-7-14)13-9-11-10-17-8-5-12-11/h11-13H,1-10H2. The molecule has 2 aliphatic rings. The summed E-state index contributed by atoms with van der Waals surface area (Å²) < 4.78 is 33.8. The first-order chi connectivity index (χ1) is 8.68. The lowest BCUT2D eigenvalue weighted by molar-refractivity contribution is 0.0782. The summed E-state index contributed by atoms with van der Waals surface area (Å²) in [6.45, 7) is 3.75. The van der Waals surface area contributed by atoms with Crippen molar-refractivity contribution in [3.8, 4) is 0 Å². The predicted molar refractivity (Wildman–Crippen MR) is 69.6 cm³/mol. The highest BCUT2D eigenvalue weighted by Gasteiger charge is 2.24. The molecule has 0 saturated carbocycles. The number of nitrogens with one attached hydrogen (secondary N) is 2. The third-order valence-electron chi connectivity index (χ3n) is 3.42. The van der Waals surface area contributed by atoms with Crippen LogP contribution in [0.4, 0.5) is 0 Å². The molecule has 1 unspecified atom stereocenters. The Morgan fingerprint density at radius 1 is 1.22 bits per heavy atom. The van der Waals surface area contributed by atoms with E-state index in [2.05, 4.69) is 10.0 Å². The van der Waals surface area contributed by atoms with Gasteiger partial charge >= 0.3 is 0 Å². The minimum absolute atomic E-state index is 0.0838. The minimum atomic E-state index is -3.32. The molecule has 0 aromatic rings. The van der Waals surface area contributed by atoms with Crippen molar-refractivity contribution in [3.63, 3.8) is 0 Å². The Hall–Kier alpha value is -0.210. The topological polar surface area (TPSA) is 70.7 Å². The lowest BCUT2D eigenvalue weighted by atomic mass is 10.2. The van der Waals surface area contributed by atoms with Crippen LogP contribution in [0.25, 0.3) is 0 Å². The first-order valence-corrected chi connectivity index (χ1v) is 8.18. The Bertz CT molecular complexity index is 333. The van der Waals surface area contributed by atoms with Crippen LogP contribution in [-0.4, -0.2) is 58.2 Å². The number of hydrogen-bond donors (Lipinski definition) is 2. The average Bonchev–Trinajstić information content (AvgIpc) is 2.67. The molecule has 0 spiro atoms. The molecule has 1 atom stereocenters. The molecule has 0 amide bonds. The monoisotopic (exact) mass is 277 g/mol. The Morgan fingerprint density at radius 2 is 1.94 bits per heavy atom. The Balaban J connectivity index is 1.81. The third kappa shape index (κ3) is 4.17. The highest BCUT2D eigenvalue weighted by atomic mass is 32.2. The van der Waals surface area contributed by atoms with Gasteiger partial charge in [-0.15, -0.1) is 0 Å². The van der Waals surface area contributed by atoms with Crippen molar-refractivity contribution < 1.29 is 13.2 Å². The van der Waals surface area contributed by atoms with Gasteiger partial charge in [-0.05, 0) is 12.8 Å². The summed E-state index contributed by atoms with van der Waals surface area (Å²) in [4.78, 5) is 0. The van der Waals surface area contributed by atoms with Crippen LogP contribution in [0.3, 0.4) is 0 Å². The van der Waals surface area contributed by atoms with E-state index >= 15 is 0 Å². The first-order valence-electron chi connectivity index (χ1n) is 6.74. The fraction of sp³-hybridized carbons (Fsp3) is 1.00. The largest absolute Gasteiger partial charge is 0.378 e. The van der Waals surface area contributed by atoms with Crippen molar-refractivity contribution in [1.82, 2.24) is 14.3 Å². The van der Waals surface area contributed by atoms with Crippen molar-refractivity contribution in [2.24, 2.45) is 0 Å². The van der Waals surface area contributed by atoms with Gasteiger partial charge in [0.1, 0.15) is 0 Å². The average molecular weight is 277 g/mol. The van der Waals surface area contributed by atoms with Gasteiger partial charge in [-0.25, -0.2) is 4.72 Å². The molecule has 2 saturated heterocycles. The molecule has 0 radical (unpaired) electrons. The SMILES string of the molecule is O=S(=O)(NCC1COCCN1)N1CCCCCC1. The van der Waals surface area contributed by atoms with Crippen LogP contribution in [0.5, 0.6) is 0 Å². The molecule has 2 N–H and O–H groups in total. The van der Waals surface area contributed by atoms with Gasteiger partial charge in [-0.3, -0.25) is 0 Å². The van der Waals surface area contributed by atoms with Crippen molar-refractivity contribution in [2.75, 3.05) is 39.4 Å². The maximum Gasteiger partial charge on any atom is 0.279 e. The highest BCUT2D eigenvalue weighted by Crippen LogP contribution is 2.12. The van der Waals surface area contributed by atoms with Crippen LogP contribution in [-0.2, 0) is 14.9 Å². The Kier molecular flexibility index (Phi) is 5.38. The van der Waals surface area contributed by atoms with Crippen LogP contribution in [0.15, 0.2) is 0 Å². The number of rotatable bonds is 4. The fourth-order valence-electron chi connectivity index (χ4n) is 2.33. The number of hydrogen-bond acceptors (Lipinski definition) is 4. The quantitative estimate of drug-likeness (QED) is 0.739. The zero-order valence-electron chi connectivity index (χ0n) is 10.7. The molecular weight excluding hydrogens is 254 g/mol. The van der Waals surface area contributed by atoms with E-state index in [1.807, 2.05) is 0 Å². The van der Waals surface area contributed by atoms with E-state index in [1.165, 1.54) is 0 Å². The lowest BCUT2D eigenvalue weighted by Gasteiger charge is -2.26. The summed E-state index contributed by atoms with van der Waals surface area (Å²) in [5.41, 5.74) is 0. The first kappa shape index (κ1) is 14.2. The molecule has 6 nitrogen and oxygen atoms in total. The van der Waals surface area contributed by atoms with E-state index in [9.17, 15) is 8.42 Å². The van der Waals surface area contributed by atoms with E-state index in [-0.39, 0.29) is 6.04 Å². The summed E-state index contributed by atoms with van der Waals surface area (Å²) in [5, 5.41) is 3.24. The van der Waals surface area contributed by atoms with Crippen LogP contribution >= 0.6 is 0 Å². The van der Waals surface area contributed by atoms with E-state index in [4.69, 9.17) is 4.74 Å². The number of nitrogens with zero attached hydrogens (tertiary/aromatic N) is 1. The molecule has 2 aliphatic heterocycles.